The van der Waals surface area contributed by atoms with Crippen LogP contribution in [0.4, 0.5) is 5.82 Å². The number of aromatic nitrogens is 2. The van der Waals surface area contributed by atoms with Crippen molar-refractivity contribution in [2.75, 3.05) is 12.0 Å². The molecule has 4 heteroatoms. The molecule has 0 aliphatic carbocycles. The van der Waals surface area contributed by atoms with Crippen LogP contribution in [0.15, 0.2) is 35.2 Å². The third-order valence-electron chi connectivity index (χ3n) is 2.20. The fraction of sp³-hybridized carbons (Fsp3) is 0.182. The number of nitrogens with two attached hydrogens (primary N) is 1. The summed E-state index contributed by atoms with van der Waals surface area (Å²) in [6, 6.07) is 10.1. The van der Waals surface area contributed by atoms with Gasteiger partial charge in [0.1, 0.15) is 5.82 Å². The van der Waals surface area contributed by atoms with Crippen LogP contribution < -0.4 is 5.73 Å². The monoisotopic (exact) mass is 219 g/mol. The molecule has 0 saturated heterocycles. The Morgan fingerprint density at radius 1 is 1.33 bits per heavy atom. The van der Waals surface area contributed by atoms with Crippen LogP contribution in [0.3, 0.4) is 0 Å². The molecule has 0 bridgehead atoms. The van der Waals surface area contributed by atoms with E-state index in [2.05, 4.69) is 23.5 Å². The van der Waals surface area contributed by atoms with Gasteiger partial charge in [0.25, 0.3) is 0 Å². The van der Waals surface area contributed by atoms with E-state index in [-0.39, 0.29) is 0 Å². The van der Waals surface area contributed by atoms with Crippen molar-refractivity contribution in [1.82, 2.24) is 9.78 Å². The molecule has 0 radical (unpaired) electrons. The molecule has 15 heavy (non-hydrogen) atoms. The van der Waals surface area contributed by atoms with Crippen LogP contribution in [0.1, 0.15) is 5.69 Å². The van der Waals surface area contributed by atoms with Crippen molar-refractivity contribution < 1.29 is 0 Å². The highest BCUT2D eigenvalue weighted by molar-refractivity contribution is 7.98. The molecule has 0 spiro atoms. The van der Waals surface area contributed by atoms with Gasteiger partial charge in [-0.05, 0) is 31.4 Å². The lowest BCUT2D eigenvalue weighted by Gasteiger charge is -2.05. The van der Waals surface area contributed by atoms with Gasteiger partial charge in [-0.3, -0.25) is 0 Å². The van der Waals surface area contributed by atoms with E-state index in [9.17, 15) is 0 Å². The highest BCUT2D eigenvalue weighted by atomic mass is 32.2. The Morgan fingerprint density at radius 2 is 2.13 bits per heavy atom. The molecule has 78 valence electrons. The van der Waals surface area contributed by atoms with Crippen LogP contribution in [0, 0.1) is 6.92 Å². The Balaban J connectivity index is 2.49. The number of benzene rings is 1. The molecular formula is C11H13N3S. The lowest BCUT2D eigenvalue weighted by atomic mass is 10.3. The van der Waals surface area contributed by atoms with E-state index in [0.717, 1.165) is 11.4 Å². The SMILES string of the molecule is CSc1cccc(-n2nc(N)cc2C)c1. The van der Waals surface area contributed by atoms with Crippen LogP contribution in [-0.4, -0.2) is 16.0 Å². The van der Waals surface area contributed by atoms with Crippen molar-refractivity contribution in [3.8, 4) is 5.69 Å². The van der Waals surface area contributed by atoms with Gasteiger partial charge in [0.2, 0.25) is 0 Å². The van der Waals surface area contributed by atoms with E-state index in [1.54, 1.807) is 11.8 Å². The zero-order valence-corrected chi connectivity index (χ0v) is 9.58. The second-order valence-corrected chi connectivity index (χ2v) is 4.20. The maximum absolute atomic E-state index is 5.65. The molecule has 2 rings (SSSR count). The average molecular weight is 219 g/mol. The number of hydrogen-bond acceptors (Lipinski definition) is 3. The maximum Gasteiger partial charge on any atom is 0.146 e. The Kier molecular flexibility index (Phi) is 2.68. The summed E-state index contributed by atoms with van der Waals surface area (Å²) in [5, 5.41) is 4.24. The van der Waals surface area contributed by atoms with Gasteiger partial charge in [0, 0.05) is 16.7 Å². The van der Waals surface area contributed by atoms with E-state index in [4.69, 9.17) is 5.73 Å². The zero-order valence-electron chi connectivity index (χ0n) is 8.77. The van der Waals surface area contributed by atoms with Gasteiger partial charge >= 0.3 is 0 Å². The molecule has 1 heterocycles. The smallest absolute Gasteiger partial charge is 0.146 e. The van der Waals surface area contributed by atoms with Crippen molar-refractivity contribution in [3.63, 3.8) is 0 Å². The first kappa shape index (κ1) is 10.1. The predicted molar refractivity (Wildman–Crippen MR) is 64.5 cm³/mol. The third-order valence-corrected chi connectivity index (χ3v) is 2.93. The number of nitrogen functional groups attached to an aromatic ring is 1. The normalized spacial score (nSPS) is 10.5. The van der Waals surface area contributed by atoms with Crippen molar-refractivity contribution in [1.29, 1.82) is 0 Å². The molecule has 0 amide bonds. The van der Waals surface area contributed by atoms with Gasteiger partial charge < -0.3 is 5.73 Å². The van der Waals surface area contributed by atoms with E-state index >= 15 is 0 Å². The second kappa shape index (κ2) is 3.98. The van der Waals surface area contributed by atoms with Crippen LogP contribution in [0.25, 0.3) is 5.69 Å². The summed E-state index contributed by atoms with van der Waals surface area (Å²) in [5.41, 5.74) is 7.75. The van der Waals surface area contributed by atoms with Gasteiger partial charge in [-0.25, -0.2) is 4.68 Å². The van der Waals surface area contributed by atoms with E-state index in [1.807, 2.05) is 29.8 Å². The molecule has 0 unspecified atom stereocenters. The molecule has 0 aliphatic rings. The molecule has 3 nitrogen and oxygen atoms in total. The third kappa shape index (κ3) is 1.99. The van der Waals surface area contributed by atoms with Crippen LogP contribution in [-0.2, 0) is 0 Å². The first-order valence-corrected chi connectivity index (χ1v) is 5.90. The molecule has 0 fully saturated rings. The molecule has 2 N–H and O–H groups in total. The van der Waals surface area contributed by atoms with Gasteiger partial charge in [-0.2, -0.15) is 5.10 Å². The molecule has 1 aromatic carbocycles. The lowest BCUT2D eigenvalue weighted by molar-refractivity contribution is 0.848. The highest BCUT2D eigenvalue weighted by Crippen LogP contribution is 2.19. The van der Waals surface area contributed by atoms with Gasteiger partial charge in [-0.15, -0.1) is 11.8 Å². The fourth-order valence-corrected chi connectivity index (χ4v) is 1.96. The topological polar surface area (TPSA) is 43.8 Å². The highest BCUT2D eigenvalue weighted by Gasteiger charge is 2.03. The fourth-order valence-electron chi connectivity index (χ4n) is 1.50. The van der Waals surface area contributed by atoms with E-state index < -0.39 is 0 Å². The number of hydrogen-bond donors (Lipinski definition) is 1. The number of nitrogens with zero attached hydrogens (tertiary/aromatic N) is 2. The van der Waals surface area contributed by atoms with Crippen molar-refractivity contribution in [2.24, 2.45) is 0 Å². The van der Waals surface area contributed by atoms with Gasteiger partial charge in [0.05, 0.1) is 5.69 Å². The largest absolute Gasteiger partial charge is 0.382 e. The summed E-state index contributed by atoms with van der Waals surface area (Å²) in [4.78, 5) is 1.22. The average Bonchev–Trinajstić information content (AvgIpc) is 2.58. The number of rotatable bonds is 2. The van der Waals surface area contributed by atoms with E-state index in [0.29, 0.717) is 5.82 Å². The van der Waals surface area contributed by atoms with Crippen LogP contribution in [0.2, 0.25) is 0 Å². The van der Waals surface area contributed by atoms with Crippen molar-refractivity contribution >= 4 is 17.6 Å². The number of aryl methyl sites for hydroxylation is 1. The van der Waals surface area contributed by atoms with Crippen LogP contribution in [0.5, 0.6) is 0 Å². The predicted octanol–water partition coefficient (Wildman–Crippen LogP) is 2.48. The first-order valence-electron chi connectivity index (χ1n) is 4.67. The summed E-state index contributed by atoms with van der Waals surface area (Å²) in [6.07, 6.45) is 2.06. The molecule has 1 aromatic heterocycles. The Labute approximate surface area is 93.3 Å². The summed E-state index contributed by atoms with van der Waals surface area (Å²) in [5.74, 6) is 0.557. The summed E-state index contributed by atoms with van der Waals surface area (Å²) in [7, 11) is 0. The molecule has 0 saturated carbocycles. The maximum atomic E-state index is 5.65. The molecular weight excluding hydrogens is 206 g/mol. The molecule has 2 aromatic rings. The van der Waals surface area contributed by atoms with E-state index in [1.165, 1.54) is 4.90 Å². The first-order chi connectivity index (χ1) is 7.20. The lowest BCUT2D eigenvalue weighted by Crippen LogP contribution is -1.99. The Hall–Kier alpha value is -1.42. The van der Waals surface area contributed by atoms with Gasteiger partial charge in [-0.1, -0.05) is 6.07 Å². The summed E-state index contributed by atoms with van der Waals surface area (Å²) in [6.45, 7) is 2.00. The molecule has 0 aliphatic heterocycles. The summed E-state index contributed by atoms with van der Waals surface area (Å²) >= 11 is 1.72. The standard InChI is InChI=1S/C11H13N3S/c1-8-6-11(12)13-14(8)9-4-3-5-10(7-9)15-2/h3-7H,1-2H3,(H2,12,13). The second-order valence-electron chi connectivity index (χ2n) is 3.32. The Bertz CT molecular complexity index is 476. The quantitative estimate of drug-likeness (QED) is 0.789. The van der Waals surface area contributed by atoms with Gasteiger partial charge in [0.15, 0.2) is 0 Å². The number of thioether (sulfide) groups is 1. The minimum Gasteiger partial charge on any atom is -0.382 e. The summed E-state index contributed by atoms with van der Waals surface area (Å²) < 4.78 is 1.86. The Morgan fingerprint density at radius 3 is 2.73 bits per heavy atom. The van der Waals surface area contributed by atoms with Crippen LogP contribution >= 0.6 is 11.8 Å². The minimum atomic E-state index is 0.557. The van der Waals surface area contributed by atoms with Crippen molar-refractivity contribution in [2.45, 2.75) is 11.8 Å². The zero-order chi connectivity index (χ0) is 10.8. The minimum absolute atomic E-state index is 0.557. The van der Waals surface area contributed by atoms with Crippen molar-refractivity contribution in [3.05, 3.63) is 36.0 Å². The number of anilines is 1. The molecule has 0 atom stereocenters.